The quantitative estimate of drug-likeness (QED) is 0.553. The predicted molar refractivity (Wildman–Crippen MR) is 102 cm³/mol. The van der Waals surface area contributed by atoms with Gasteiger partial charge in [-0.1, -0.05) is 12.1 Å². The van der Waals surface area contributed by atoms with Gasteiger partial charge < -0.3 is 10.5 Å². The van der Waals surface area contributed by atoms with E-state index in [9.17, 15) is 15.4 Å². The lowest BCUT2D eigenvalue weighted by molar-refractivity contribution is -0.384. The molecule has 0 radical (unpaired) electrons. The van der Waals surface area contributed by atoms with Gasteiger partial charge in [0.1, 0.15) is 23.2 Å². The fourth-order valence-electron chi connectivity index (χ4n) is 2.97. The number of nitrogens with zero attached hydrogens (tertiary/aromatic N) is 3. The SMILES string of the molecule is COc1ccc(-c2nc(N)c(C#N)c(-c3cccc([N+](=O)[O-])c3)c2C)cc1. The maximum Gasteiger partial charge on any atom is 0.270 e. The summed E-state index contributed by atoms with van der Waals surface area (Å²) in [5, 5.41) is 20.7. The van der Waals surface area contributed by atoms with Crippen LogP contribution >= 0.6 is 0 Å². The zero-order valence-electron chi connectivity index (χ0n) is 14.8. The first-order chi connectivity index (χ1) is 13.0. The predicted octanol–water partition coefficient (Wildman–Crippen LogP) is 4.09. The van der Waals surface area contributed by atoms with E-state index in [1.54, 1.807) is 31.4 Å². The topological polar surface area (TPSA) is 115 Å². The Bertz CT molecular complexity index is 1070. The summed E-state index contributed by atoms with van der Waals surface area (Å²) in [6, 6.07) is 15.5. The number of hydrogen-bond acceptors (Lipinski definition) is 6. The lowest BCUT2D eigenvalue weighted by Crippen LogP contribution is -2.03. The molecule has 0 spiro atoms. The fraction of sp³-hybridized carbons (Fsp3) is 0.100. The van der Waals surface area contributed by atoms with Gasteiger partial charge in [-0.3, -0.25) is 10.1 Å². The number of hydrogen-bond donors (Lipinski definition) is 1. The summed E-state index contributed by atoms with van der Waals surface area (Å²) in [4.78, 5) is 15.1. The highest BCUT2D eigenvalue weighted by Crippen LogP contribution is 2.37. The minimum Gasteiger partial charge on any atom is -0.497 e. The molecule has 3 rings (SSSR count). The highest BCUT2D eigenvalue weighted by molar-refractivity contribution is 5.84. The fourth-order valence-corrected chi connectivity index (χ4v) is 2.97. The summed E-state index contributed by atoms with van der Waals surface area (Å²) in [6.07, 6.45) is 0. The molecule has 7 heteroatoms. The number of nitrogens with two attached hydrogens (primary N) is 1. The van der Waals surface area contributed by atoms with Crippen molar-refractivity contribution in [2.75, 3.05) is 12.8 Å². The van der Waals surface area contributed by atoms with E-state index in [2.05, 4.69) is 11.1 Å². The van der Waals surface area contributed by atoms with E-state index >= 15 is 0 Å². The summed E-state index contributed by atoms with van der Waals surface area (Å²) < 4.78 is 5.17. The van der Waals surface area contributed by atoms with Crippen molar-refractivity contribution in [1.29, 1.82) is 5.26 Å². The number of nitrogen functional groups attached to an aromatic ring is 1. The molecule has 0 aliphatic rings. The number of benzene rings is 2. The van der Waals surface area contributed by atoms with Crippen molar-refractivity contribution in [3.8, 4) is 34.2 Å². The van der Waals surface area contributed by atoms with Gasteiger partial charge in [-0.15, -0.1) is 0 Å². The monoisotopic (exact) mass is 360 g/mol. The third-order valence-electron chi connectivity index (χ3n) is 4.29. The third-order valence-corrected chi connectivity index (χ3v) is 4.29. The van der Waals surface area contributed by atoms with E-state index in [0.717, 1.165) is 5.56 Å². The van der Waals surface area contributed by atoms with Gasteiger partial charge >= 0.3 is 0 Å². The maximum atomic E-state index is 11.1. The van der Waals surface area contributed by atoms with Crippen LogP contribution in [-0.2, 0) is 0 Å². The summed E-state index contributed by atoms with van der Waals surface area (Å²) in [5.74, 6) is 0.785. The Morgan fingerprint density at radius 3 is 2.48 bits per heavy atom. The summed E-state index contributed by atoms with van der Waals surface area (Å²) in [5.41, 5.74) is 9.39. The van der Waals surface area contributed by atoms with E-state index in [4.69, 9.17) is 10.5 Å². The van der Waals surface area contributed by atoms with Gasteiger partial charge in [-0.2, -0.15) is 5.26 Å². The Morgan fingerprint density at radius 1 is 1.19 bits per heavy atom. The molecular weight excluding hydrogens is 344 g/mol. The summed E-state index contributed by atoms with van der Waals surface area (Å²) in [7, 11) is 1.58. The van der Waals surface area contributed by atoms with E-state index < -0.39 is 4.92 Å². The second kappa shape index (κ2) is 7.14. The van der Waals surface area contributed by atoms with E-state index in [1.807, 2.05) is 19.1 Å². The van der Waals surface area contributed by atoms with Crippen molar-refractivity contribution in [1.82, 2.24) is 4.98 Å². The number of non-ortho nitro benzene ring substituents is 1. The van der Waals surface area contributed by atoms with Crippen molar-refractivity contribution in [2.45, 2.75) is 6.92 Å². The van der Waals surface area contributed by atoms with E-state index in [1.165, 1.54) is 12.1 Å². The Hall–Kier alpha value is -3.92. The minimum absolute atomic E-state index is 0.0582. The molecule has 0 saturated carbocycles. The molecule has 134 valence electrons. The van der Waals surface area contributed by atoms with Crippen LogP contribution in [0.3, 0.4) is 0 Å². The number of aromatic nitrogens is 1. The molecule has 0 aliphatic heterocycles. The Balaban J connectivity index is 2.27. The molecule has 0 bridgehead atoms. The highest BCUT2D eigenvalue weighted by Gasteiger charge is 2.19. The number of nitriles is 1. The van der Waals surface area contributed by atoms with Crippen LogP contribution < -0.4 is 10.5 Å². The molecule has 0 aliphatic carbocycles. The smallest absolute Gasteiger partial charge is 0.270 e. The Labute approximate surface area is 155 Å². The molecule has 1 aromatic heterocycles. The molecule has 0 fully saturated rings. The van der Waals surface area contributed by atoms with Crippen LogP contribution in [0.25, 0.3) is 22.4 Å². The number of nitro benzene ring substituents is 1. The third kappa shape index (κ3) is 3.28. The zero-order chi connectivity index (χ0) is 19.6. The first-order valence-electron chi connectivity index (χ1n) is 8.05. The van der Waals surface area contributed by atoms with Crippen molar-refractivity contribution >= 4 is 11.5 Å². The molecule has 7 nitrogen and oxygen atoms in total. The van der Waals surface area contributed by atoms with Crippen molar-refractivity contribution in [3.63, 3.8) is 0 Å². The number of nitro groups is 1. The minimum atomic E-state index is -0.472. The van der Waals surface area contributed by atoms with Crippen LogP contribution in [-0.4, -0.2) is 17.0 Å². The van der Waals surface area contributed by atoms with Gasteiger partial charge in [0.15, 0.2) is 0 Å². The normalized spacial score (nSPS) is 10.3. The van der Waals surface area contributed by atoms with Gasteiger partial charge in [0, 0.05) is 23.3 Å². The molecule has 3 aromatic rings. The van der Waals surface area contributed by atoms with Crippen LogP contribution in [0.1, 0.15) is 11.1 Å². The first-order valence-corrected chi connectivity index (χ1v) is 8.05. The Morgan fingerprint density at radius 2 is 1.89 bits per heavy atom. The van der Waals surface area contributed by atoms with Crippen molar-refractivity contribution < 1.29 is 9.66 Å². The number of pyridine rings is 1. The number of methoxy groups -OCH3 is 1. The lowest BCUT2D eigenvalue weighted by Gasteiger charge is -2.15. The van der Waals surface area contributed by atoms with Crippen LogP contribution in [0.5, 0.6) is 5.75 Å². The van der Waals surface area contributed by atoms with Crippen LogP contribution in [0.2, 0.25) is 0 Å². The average Bonchev–Trinajstić information content (AvgIpc) is 2.69. The van der Waals surface area contributed by atoms with Crippen molar-refractivity contribution in [2.24, 2.45) is 0 Å². The number of anilines is 1. The first kappa shape index (κ1) is 17.9. The van der Waals surface area contributed by atoms with Crippen LogP contribution in [0.15, 0.2) is 48.5 Å². The lowest BCUT2D eigenvalue weighted by atomic mass is 9.92. The molecule has 0 amide bonds. The van der Waals surface area contributed by atoms with Gasteiger partial charge in [-0.25, -0.2) is 4.98 Å². The molecule has 2 N–H and O–H groups in total. The number of rotatable bonds is 4. The Kier molecular flexibility index (Phi) is 4.73. The molecule has 0 saturated heterocycles. The van der Waals surface area contributed by atoms with Gasteiger partial charge in [-0.05, 0) is 42.3 Å². The second-order valence-electron chi connectivity index (χ2n) is 5.87. The number of ether oxygens (including phenoxy) is 1. The van der Waals surface area contributed by atoms with Gasteiger partial charge in [0.25, 0.3) is 5.69 Å². The molecular formula is C20H16N4O3. The van der Waals surface area contributed by atoms with Crippen LogP contribution in [0, 0.1) is 28.4 Å². The molecule has 1 heterocycles. The average molecular weight is 360 g/mol. The van der Waals surface area contributed by atoms with E-state index in [0.29, 0.717) is 28.1 Å². The maximum absolute atomic E-state index is 11.1. The summed E-state index contributed by atoms with van der Waals surface area (Å²) in [6.45, 7) is 1.82. The highest BCUT2D eigenvalue weighted by atomic mass is 16.6. The summed E-state index contributed by atoms with van der Waals surface area (Å²) >= 11 is 0. The van der Waals surface area contributed by atoms with Crippen molar-refractivity contribution in [3.05, 3.63) is 69.8 Å². The van der Waals surface area contributed by atoms with Gasteiger partial charge in [0.2, 0.25) is 0 Å². The van der Waals surface area contributed by atoms with Crippen LogP contribution in [0.4, 0.5) is 11.5 Å². The van der Waals surface area contributed by atoms with E-state index in [-0.39, 0.29) is 17.1 Å². The molecule has 27 heavy (non-hydrogen) atoms. The standard InChI is InChI=1S/C20H16N4O3/c1-12-18(14-4-3-5-15(10-14)24(25)26)17(11-21)20(22)23-19(12)13-6-8-16(27-2)9-7-13/h3-10H,1-2H3,(H2,22,23). The molecule has 2 aromatic carbocycles. The largest absolute Gasteiger partial charge is 0.497 e. The second-order valence-corrected chi connectivity index (χ2v) is 5.87. The van der Waals surface area contributed by atoms with Gasteiger partial charge in [0.05, 0.1) is 17.7 Å². The zero-order valence-corrected chi connectivity index (χ0v) is 14.8. The molecule has 0 unspecified atom stereocenters. The molecule has 0 atom stereocenters.